The number of Topliss-reactive ketones (excluding diaryl/α,β-unsaturated/α-hetero) is 2. The molecular weight excluding hydrogens is 434 g/mol. The van der Waals surface area contributed by atoms with Crippen LogP contribution in [-0.4, -0.2) is 65.5 Å². The number of hydrogen-bond donors (Lipinski definition) is 0. The smallest absolute Gasteiger partial charge is 0.228 e. The van der Waals surface area contributed by atoms with E-state index >= 15 is 0 Å². The van der Waals surface area contributed by atoms with E-state index in [-0.39, 0.29) is 42.7 Å². The summed E-state index contributed by atoms with van der Waals surface area (Å²) in [6.45, 7) is 5.28. The lowest BCUT2D eigenvalue weighted by atomic mass is 9.90. The number of aromatic nitrogens is 1. The van der Waals surface area contributed by atoms with Crippen LogP contribution in [0.5, 0.6) is 0 Å². The van der Waals surface area contributed by atoms with E-state index in [0.29, 0.717) is 5.56 Å². The lowest BCUT2D eigenvalue weighted by molar-refractivity contribution is -0.132. The minimum Gasteiger partial charge on any atom is -0.340 e. The Balaban J connectivity index is 1.35. The SMILES string of the molecule is Cc1ccc(CC(=O)Cc2nc(CC(=O)N3CCN(C)CC3)cs2)c(C(=O)C2CCCC2)c1. The Morgan fingerprint density at radius 3 is 2.48 bits per heavy atom. The number of amides is 1. The number of piperazine rings is 1. The van der Waals surface area contributed by atoms with E-state index in [1.807, 2.05) is 35.4 Å². The number of hydrogen-bond acceptors (Lipinski definition) is 6. The maximum absolute atomic E-state index is 13.1. The maximum Gasteiger partial charge on any atom is 0.228 e. The Bertz CT molecular complexity index is 1020. The minimum absolute atomic E-state index is 0.0469. The summed E-state index contributed by atoms with van der Waals surface area (Å²) in [5, 5.41) is 2.62. The fourth-order valence-corrected chi connectivity index (χ4v) is 5.58. The lowest BCUT2D eigenvalue weighted by Crippen LogP contribution is -2.47. The fraction of sp³-hybridized carbons (Fsp3) is 0.538. The van der Waals surface area contributed by atoms with Crippen LogP contribution in [0.2, 0.25) is 0 Å². The summed E-state index contributed by atoms with van der Waals surface area (Å²) in [5.74, 6) is 0.435. The molecule has 1 aromatic carbocycles. The highest BCUT2D eigenvalue weighted by atomic mass is 32.1. The average Bonchev–Trinajstić information content (AvgIpc) is 3.47. The van der Waals surface area contributed by atoms with Crippen LogP contribution in [-0.2, 0) is 28.9 Å². The fourth-order valence-electron chi connectivity index (χ4n) is 4.76. The van der Waals surface area contributed by atoms with Gasteiger partial charge in [-0.15, -0.1) is 11.3 Å². The summed E-state index contributed by atoms with van der Waals surface area (Å²) in [5.41, 5.74) is 3.32. The third-order valence-corrected chi connectivity index (χ3v) is 7.68. The number of carbonyl (C=O) groups excluding carboxylic acids is 3. The van der Waals surface area contributed by atoms with Crippen molar-refractivity contribution in [3.63, 3.8) is 0 Å². The molecule has 0 radical (unpaired) electrons. The number of nitrogens with zero attached hydrogens (tertiary/aromatic N) is 3. The van der Waals surface area contributed by atoms with Crippen molar-refractivity contribution in [2.45, 2.75) is 51.9 Å². The van der Waals surface area contributed by atoms with E-state index in [4.69, 9.17) is 0 Å². The van der Waals surface area contributed by atoms with E-state index in [0.717, 1.165) is 73.7 Å². The van der Waals surface area contributed by atoms with Gasteiger partial charge in [0, 0.05) is 49.5 Å². The number of aryl methyl sites for hydroxylation is 1. The minimum atomic E-state index is 0.0469. The van der Waals surface area contributed by atoms with E-state index in [1.54, 1.807) is 0 Å². The van der Waals surface area contributed by atoms with E-state index in [1.165, 1.54) is 11.3 Å². The second-order valence-electron chi connectivity index (χ2n) is 9.49. The molecule has 1 aliphatic carbocycles. The number of benzene rings is 1. The molecule has 7 heteroatoms. The maximum atomic E-state index is 13.1. The van der Waals surface area contributed by atoms with Crippen molar-refractivity contribution in [2.24, 2.45) is 5.92 Å². The first-order valence-electron chi connectivity index (χ1n) is 11.9. The summed E-state index contributed by atoms with van der Waals surface area (Å²) < 4.78 is 0. The second-order valence-corrected chi connectivity index (χ2v) is 10.4. The van der Waals surface area contributed by atoms with Crippen LogP contribution in [0.1, 0.15) is 57.9 Å². The van der Waals surface area contributed by atoms with Crippen LogP contribution >= 0.6 is 11.3 Å². The van der Waals surface area contributed by atoms with Gasteiger partial charge in [-0.2, -0.15) is 0 Å². The molecule has 0 bridgehead atoms. The summed E-state index contributed by atoms with van der Waals surface area (Å²) in [4.78, 5) is 47.1. The molecule has 2 heterocycles. The Morgan fingerprint density at radius 1 is 1.03 bits per heavy atom. The van der Waals surface area contributed by atoms with Crippen molar-refractivity contribution in [1.29, 1.82) is 0 Å². The van der Waals surface area contributed by atoms with Crippen molar-refractivity contribution in [3.8, 4) is 0 Å². The zero-order valence-electron chi connectivity index (χ0n) is 19.6. The lowest BCUT2D eigenvalue weighted by Gasteiger charge is -2.32. The number of ketones is 2. The monoisotopic (exact) mass is 467 g/mol. The summed E-state index contributed by atoms with van der Waals surface area (Å²) in [7, 11) is 2.07. The van der Waals surface area contributed by atoms with Gasteiger partial charge in [0.2, 0.25) is 5.91 Å². The topological polar surface area (TPSA) is 70.6 Å². The standard InChI is InChI=1S/C26H33N3O3S/c1-18-7-8-20(23(13-18)26(32)19-5-3-4-6-19)14-22(30)16-24-27-21(17-33-24)15-25(31)29-11-9-28(2)10-12-29/h7-8,13,17,19H,3-6,9-12,14-16H2,1-2H3. The molecule has 33 heavy (non-hydrogen) atoms. The van der Waals surface area contributed by atoms with Gasteiger partial charge in [-0.1, -0.05) is 30.5 Å². The van der Waals surface area contributed by atoms with Gasteiger partial charge in [0.25, 0.3) is 0 Å². The number of rotatable bonds is 8. The van der Waals surface area contributed by atoms with Crippen LogP contribution in [0.4, 0.5) is 0 Å². The largest absolute Gasteiger partial charge is 0.340 e. The molecule has 0 atom stereocenters. The predicted molar refractivity (Wildman–Crippen MR) is 130 cm³/mol. The van der Waals surface area contributed by atoms with Crippen LogP contribution in [0.15, 0.2) is 23.6 Å². The molecule has 1 amide bonds. The summed E-state index contributed by atoms with van der Waals surface area (Å²) in [6, 6.07) is 5.84. The number of likely N-dealkylation sites (N-methyl/N-ethyl adjacent to an activating group) is 1. The van der Waals surface area contributed by atoms with Gasteiger partial charge in [0.15, 0.2) is 5.78 Å². The first kappa shape index (κ1) is 23.8. The normalized spacial score (nSPS) is 17.5. The quantitative estimate of drug-likeness (QED) is 0.556. The molecular formula is C26H33N3O3S. The molecule has 0 spiro atoms. The third kappa shape index (κ3) is 6.15. The molecule has 2 aromatic rings. The van der Waals surface area contributed by atoms with Gasteiger partial charge in [0.1, 0.15) is 10.8 Å². The third-order valence-electron chi connectivity index (χ3n) is 6.78. The van der Waals surface area contributed by atoms with Crippen LogP contribution in [0.25, 0.3) is 0 Å². The highest BCUT2D eigenvalue weighted by Gasteiger charge is 2.26. The van der Waals surface area contributed by atoms with Gasteiger partial charge in [-0.3, -0.25) is 14.4 Å². The molecule has 1 aliphatic heterocycles. The molecule has 176 valence electrons. The number of thiazole rings is 1. The Labute approximate surface area is 200 Å². The Morgan fingerprint density at radius 2 is 1.76 bits per heavy atom. The molecule has 1 aromatic heterocycles. The Kier molecular flexibility index (Phi) is 7.71. The van der Waals surface area contributed by atoms with Crippen LogP contribution < -0.4 is 0 Å². The molecule has 2 fully saturated rings. The van der Waals surface area contributed by atoms with E-state index in [2.05, 4.69) is 16.9 Å². The summed E-state index contributed by atoms with van der Waals surface area (Å²) in [6.07, 6.45) is 4.89. The second kappa shape index (κ2) is 10.7. The summed E-state index contributed by atoms with van der Waals surface area (Å²) >= 11 is 1.43. The van der Waals surface area contributed by atoms with Gasteiger partial charge < -0.3 is 9.80 Å². The van der Waals surface area contributed by atoms with E-state index in [9.17, 15) is 14.4 Å². The van der Waals surface area contributed by atoms with Gasteiger partial charge in [-0.05, 0) is 38.4 Å². The van der Waals surface area contributed by atoms with Crippen molar-refractivity contribution >= 4 is 28.8 Å². The average molecular weight is 468 g/mol. The predicted octanol–water partition coefficient (Wildman–Crippen LogP) is 3.50. The highest BCUT2D eigenvalue weighted by Crippen LogP contribution is 2.29. The molecule has 6 nitrogen and oxygen atoms in total. The first-order valence-corrected chi connectivity index (χ1v) is 12.8. The highest BCUT2D eigenvalue weighted by molar-refractivity contribution is 7.09. The van der Waals surface area contributed by atoms with Crippen molar-refractivity contribution in [2.75, 3.05) is 33.2 Å². The van der Waals surface area contributed by atoms with Crippen molar-refractivity contribution in [3.05, 3.63) is 51.0 Å². The zero-order chi connectivity index (χ0) is 23.4. The number of carbonyl (C=O) groups is 3. The van der Waals surface area contributed by atoms with Gasteiger partial charge in [0.05, 0.1) is 18.5 Å². The molecule has 0 unspecified atom stereocenters. The van der Waals surface area contributed by atoms with Gasteiger partial charge >= 0.3 is 0 Å². The first-order chi connectivity index (χ1) is 15.9. The molecule has 2 aliphatic rings. The molecule has 4 rings (SSSR count). The Hall–Kier alpha value is -2.38. The molecule has 1 saturated carbocycles. The molecule has 1 saturated heterocycles. The van der Waals surface area contributed by atoms with Crippen LogP contribution in [0.3, 0.4) is 0 Å². The van der Waals surface area contributed by atoms with Gasteiger partial charge in [-0.25, -0.2) is 4.98 Å². The van der Waals surface area contributed by atoms with Crippen LogP contribution in [0, 0.1) is 12.8 Å². The van der Waals surface area contributed by atoms with E-state index < -0.39 is 0 Å². The van der Waals surface area contributed by atoms with Crippen molar-refractivity contribution < 1.29 is 14.4 Å². The molecule has 0 N–H and O–H groups in total. The van der Waals surface area contributed by atoms with Crippen molar-refractivity contribution in [1.82, 2.24) is 14.8 Å². The zero-order valence-corrected chi connectivity index (χ0v) is 20.5.